The lowest BCUT2D eigenvalue weighted by molar-refractivity contribution is -0.166. The van der Waals surface area contributed by atoms with Crippen LogP contribution in [0.25, 0.3) is 0 Å². The van der Waals surface area contributed by atoms with Gasteiger partial charge in [0, 0.05) is 38.8 Å². The Balaban J connectivity index is 0.00000442. The van der Waals surface area contributed by atoms with Gasteiger partial charge in [-0.3, -0.25) is 19.3 Å². The van der Waals surface area contributed by atoms with E-state index in [1.807, 2.05) is 41.3 Å². The molecule has 2 aromatic rings. The maximum absolute atomic E-state index is 13.8. The first-order chi connectivity index (χ1) is 20.8. The van der Waals surface area contributed by atoms with Gasteiger partial charge in [-0.1, -0.05) is 44.7 Å². The first-order valence-corrected chi connectivity index (χ1v) is 16.0. The van der Waals surface area contributed by atoms with Crippen LogP contribution in [0.1, 0.15) is 77.2 Å². The summed E-state index contributed by atoms with van der Waals surface area (Å²) in [6.07, 6.45) is 7.24. The van der Waals surface area contributed by atoms with E-state index in [-0.39, 0.29) is 36.0 Å². The number of carbonyl (C=O) groups is 3. The van der Waals surface area contributed by atoms with Crippen LogP contribution in [-0.2, 0) is 20.9 Å². The van der Waals surface area contributed by atoms with Crippen molar-refractivity contribution in [2.75, 3.05) is 25.0 Å². The summed E-state index contributed by atoms with van der Waals surface area (Å²) in [6.45, 7) is 6.28. The highest BCUT2D eigenvalue weighted by Gasteiger charge is 2.55. The number of piperazine rings is 1. The maximum atomic E-state index is 13.8. The van der Waals surface area contributed by atoms with Gasteiger partial charge in [0.15, 0.2) is 0 Å². The summed E-state index contributed by atoms with van der Waals surface area (Å²) in [5.41, 5.74) is 1.02. The fourth-order valence-electron chi connectivity index (χ4n) is 6.90. The molecule has 2 aliphatic heterocycles. The summed E-state index contributed by atoms with van der Waals surface area (Å²) in [6, 6.07) is 14.4. The quantitative estimate of drug-likeness (QED) is 0.332. The maximum Gasteiger partial charge on any atom is 0.248 e. The summed E-state index contributed by atoms with van der Waals surface area (Å²) in [4.78, 5) is 43.0. The molecule has 10 heteroatoms. The van der Waals surface area contributed by atoms with Gasteiger partial charge >= 0.3 is 0 Å². The van der Waals surface area contributed by atoms with E-state index >= 15 is 0 Å². The standard InChI is InChI=1S/C34H46N4O5.ClH/c1-3-4-20-38-32(41)30(31(40)26-8-6-5-7-9-26)36-33(42)34(38)18-21-37(22-19-34)23-25-10-14-28(15-11-25)43-29-16-12-27(13-17-29)35-24(2)39;/h10-17,26,30-31,40H,3-9,18-23H2,1-2H3,(H,35,39)(H,36,42);1H/t30-,31-;/m1./s1. The first kappa shape index (κ1) is 33.7. The van der Waals surface area contributed by atoms with E-state index in [0.717, 1.165) is 62.1 Å². The number of piperidine rings is 1. The van der Waals surface area contributed by atoms with Crippen molar-refractivity contribution in [1.82, 2.24) is 15.1 Å². The molecule has 0 unspecified atom stereocenters. The number of aliphatic hydroxyl groups is 1. The zero-order valence-corrected chi connectivity index (χ0v) is 26.7. The van der Waals surface area contributed by atoms with Gasteiger partial charge in [-0.05, 0) is 80.0 Å². The Morgan fingerprint density at radius 3 is 2.23 bits per heavy atom. The molecule has 44 heavy (non-hydrogen) atoms. The lowest BCUT2D eigenvalue weighted by Gasteiger charge is -2.52. The average Bonchev–Trinajstić information content (AvgIpc) is 3.02. The molecule has 1 aliphatic carbocycles. The summed E-state index contributed by atoms with van der Waals surface area (Å²) in [7, 11) is 0. The molecule has 3 fully saturated rings. The van der Waals surface area contributed by atoms with Crippen LogP contribution >= 0.6 is 12.4 Å². The van der Waals surface area contributed by atoms with Gasteiger partial charge in [-0.25, -0.2) is 0 Å². The van der Waals surface area contributed by atoms with E-state index in [1.54, 1.807) is 12.1 Å². The van der Waals surface area contributed by atoms with Gasteiger partial charge in [-0.15, -0.1) is 12.4 Å². The fraction of sp³-hybridized carbons (Fsp3) is 0.559. The van der Waals surface area contributed by atoms with Crippen LogP contribution in [0.4, 0.5) is 5.69 Å². The van der Waals surface area contributed by atoms with Gasteiger partial charge in [0.2, 0.25) is 17.7 Å². The Labute approximate surface area is 267 Å². The number of carbonyl (C=O) groups excluding carboxylic acids is 3. The molecule has 0 aromatic heterocycles. The smallest absolute Gasteiger partial charge is 0.248 e. The number of anilines is 1. The zero-order valence-electron chi connectivity index (χ0n) is 25.9. The number of hydrogen-bond acceptors (Lipinski definition) is 6. The number of rotatable bonds is 10. The molecule has 2 heterocycles. The van der Waals surface area contributed by atoms with Crippen LogP contribution in [0.3, 0.4) is 0 Å². The largest absolute Gasteiger partial charge is 0.457 e. The molecule has 5 rings (SSSR count). The molecule has 9 nitrogen and oxygen atoms in total. The van der Waals surface area contributed by atoms with Gasteiger partial charge in [-0.2, -0.15) is 0 Å². The molecule has 3 aliphatic rings. The second kappa shape index (κ2) is 15.2. The molecular formula is C34H47ClN4O5. The van der Waals surface area contributed by atoms with E-state index in [4.69, 9.17) is 4.74 Å². The average molecular weight is 627 g/mol. The number of nitrogens with one attached hydrogen (secondary N) is 2. The highest BCUT2D eigenvalue weighted by atomic mass is 35.5. The third-order valence-corrected chi connectivity index (χ3v) is 9.39. The number of aliphatic hydroxyl groups excluding tert-OH is 1. The van der Waals surface area contributed by atoms with Gasteiger partial charge in [0.1, 0.15) is 23.1 Å². The Morgan fingerprint density at radius 1 is 1.02 bits per heavy atom. The van der Waals surface area contributed by atoms with Crippen LogP contribution in [0.5, 0.6) is 11.5 Å². The Hall–Kier alpha value is -3.14. The zero-order chi connectivity index (χ0) is 30.4. The molecular weight excluding hydrogens is 580 g/mol. The molecule has 1 spiro atoms. The Bertz CT molecular complexity index is 1260. The summed E-state index contributed by atoms with van der Waals surface area (Å²) >= 11 is 0. The lowest BCUT2D eigenvalue weighted by atomic mass is 9.78. The van der Waals surface area contributed by atoms with Crippen molar-refractivity contribution in [3.05, 3.63) is 54.1 Å². The van der Waals surface area contributed by atoms with Crippen molar-refractivity contribution in [2.45, 2.75) is 95.9 Å². The lowest BCUT2D eigenvalue weighted by Crippen LogP contribution is -2.75. The van der Waals surface area contributed by atoms with Crippen molar-refractivity contribution < 1.29 is 24.2 Å². The van der Waals surface area contributed by atoms with Gasteiger partial charge < -0.3 is 25.4 Å². The first-order valence-electron chi connectivity index (χ1n) is 16.0. The molecule has 2 atom stereocenters. The molecule has 0 radical (unpaired) electrons. The number of likely N-dealkylation sites (tertiary alicyclic amines) is 1. The SMILES string of the molecule is CCCCN1C(=O)[C@@H]([C@H](O)C2CCCCC2)NC(=O)C12CCN(Cc1ccc(Oc3ccc(NC(C)=O)cc3)cc1)CC2.Cl. The minimum Gasteiger partial charge on any atom is -0.457 e. The predicted molar refractivity (Wildman–Crippen MR) is 173 cm³/mol. The number of halogens is 1. The molecule has 1 saturated carbocycles. The molecule has 2 aromatic carbocycles. The fourth-order valence-corrected chi connectivity index (χ4v) is 6.90. The van der Waals surface area contributed by atoms with Gasteiger partial charge in [0.25, 0.3) is 0 Å². The van der Waals surface area contributed by atoms with Crippen LogP contribution in [-0.4, -0.2) is 69.9 Å². The number of unbranched alkanes of at least 4 members (excludes halogenated alkanes) is 1. The van der Waals surface area contributed by atoms with Crippen LogP contribution < -0.4 is 15.4 Å². The molecule has 0 bridgehead atoms. The number of ether oxygens (including phenoxy) is 1. The van der Waals surface area contributed by atoms with E-state index in [2.05, 4.69) is 22.5 Å². The topological polar surface area (TPSA) is 111 Å². The second-order valence-corrected chi connectivity index (χ2v) is 12.4. The minimum absolute atomic E-state index is 0. The predicted octanol–water partition coefficient (Wildman–Crippen LogP) is 5.26. The van der Waals surface area contributed by atoms with Crippen molar-refractivity contribution in [1.29, 1.82) is 0 Å². The minimum atomic E-state index is -0.848. The van der Waals surface area contributed by atoms with Crippen LogP contribution in [0.2, 0.25) is 0 Å². The summed E-state index contributed by atoms with van der Waals surface area (Å²) in [5, 5.41) is 16.9. The van der Waals surface area contributed by atoms with Crippen molar-refractivity contribution >= 4 is 35.8 Å². The number of amides is 3. The highest BCUT2D eigenvalue weighted by Crippen LogP contribution is 2.36. The van der Waals surface area contributed by atoms with E-state index < -0.39 is 17.7 Å². The normalized spacial score (nSPS) is 21.3. The Kier molecular flexibility index (Phi) is 11.7. The highest BCUT2D eigenvalue weighted by molar-refractivity contribution is 6.00. The summed E-state index contributed by atoms with van der Waals surface area (Å²) in [5.74, 6) is 1.15. The molecule has 3 N–H and O–H groups in total. The number of hydrogen-bond donors (Lipinski definition) is 3. The van der Waals surface area contributed by atoms with E-state index in [0.29, 0.717) is 38.2 Å². The Morgan fingerprint density at radius 2 is 1.64 bits per heavy atom. The monoisotopic (exact) mass is 626 g/mol. The third kappa shape index (κ3) is 7.73. The van der Waals surface area contributed by atoms with Crippen LogP contribution in [0.15, 0.2) is 48.5 Å². The van der Waals surface area contributed by atoms with Crippen molar-refractivity contribution in [2.24, 2.45) is 5.92 Å². The molecule has 240 valence electrons. The molecule has 2 saturated heterocycles. The number of nitrogens with zero attached hydrogens (tertiary/aromatic N) is 2. The number of benzene rings is 2. The van der Waals surface area contributed by atoms with E-state index in [9.17, 15) is 19.5 Å². The third-order valence-electron chi connectivity index (χ3n) is 9.39. The molecule has 3 amide bonds. The van der Waals surface area contributed by atoms with E-state index in [1.165, 1.54) is 13.3 Å². The van der Waals surface area contributed by atoms with Gasteiger partial charge in [0.05, 0.1) is 6.10 Å². The summed E-state index contributed by atoms with van der Waals surface area (Å²) < 4.78 is 5.96. The second-order valence-electron chi connectivity index (χ2n) is 12.4. The van der Waals surface area contributed by atoms with Crippen LogP contribution in [0, 0.1) is 5.92 Å². The van der Waals surface area contributed by atoms with Crippen molar-refractivity contribution in [3.8, 4) is 11.5 Å². The van der Waals surface area contributed by atoms with Crippen molar-refractivity contribution in [3.63, 3.8) is 0 Å².